The molecule has 1 amide bonds. The van der Waals surface area contributed by atoms with Crippen molar-refractivity contribution in [3.8, 4) is 5.75 Å². The van der Waals surface area contributed by atoms with Crippen LogP contribution >= 0.6 is 0 Å². The monoisotopic (exact) mass is 221 g/mol. The van der Waals surface area contributed by atoms with Gasteiger partial charge in [-0.05, 0) is 30.5 Å². The van der Waals surface area contributed by atoms with E-state index in [0.717, 1.165) is 0 Å². The highest BCUT2D eigenvalue weighted by molar-refractivity contribution is 5.94. The van der Waals surface area contributed by atoms with Gasteiger partial charge in [-0.15, -0.1) is 0 Å². The summed E-state index contributed by atoms with van der Waals surface area (Å²) in [5.74, 6) is -0.0469. The quantitative estimate of drug-likeness (QED) is 0.806. The molecule has 1 aromatic rings. The van der Waals surface area contributed by atoms with Gasteiger partial charge in [-0.3, -0.25) is 4.79 Å². The van der Waals surface area contributed by atoms with Gasteiger partial charge in [0.15, 0.2) is 0 Å². The van der Waals surface area contributed by atoms with Crippen LogP contribution in [0.4, 0.5) is 0 Å². The van der Waals surface area contributed by atoms with Gasteiger partial charge < -0.3 is 10.4 Å². The lowest BCUT2D eigenvalue weighted by Crippen LogP contribution is -2.41. The third kappa shape index (κ3) is 3.26. The van der Waals surface area contributed by atoms with Crippen molar-refractivity contribution < 1.29 is 9.90 Å². The maximum atomic E-state index is 11.8. The summed E-state index contributed by atoms with van der Waals surface area (Å²) in [5, 5.41) is 12.2. The zero-order valence-electron chi connectivity index (χ0n) is 10.2. The first-order chi connectivity index (χ1) is 7.30. The van der Waals surface area contributed by atoms with E-state index in [9.17, 15) is 9.90 Å². The van der Waals surface area contributed by atoms with E-state index >= 15 is 0 Å². The van der Waals surface area contributed by atoms with Crippen LogP contribution in [0.5, 0.6) is 5.75 Å². The Hall–Kier alpha value is -1.51. The number of carbonyl (C=O) groups is 1. The fourth-order valence-electron chi connectivity index (χ4n) is 1.14. The van der Waals surface area contributed by atoms with Crippen molar-refractivity contribution in [3.63, 3.8) is 0 Å². The van der Waals surface area contributed by atoms with Gasteiger partial charge >= 0.3 is 0 Å². The largest absolute Gasteiger partial charge is 0.508 e. The van der Waals surface area contributed by atoms with Crippen LogP contribution in [0, 0.1) is 5.41 Å². The highest BCUT2D eigenvalue weighted by Gasteiger charge is 2.22. The molecule has 1 atom stereocenters. The minimum atomic E-state index is -0.154. The highest BCUT2D eigenvalue weighted by Crippen LogP contribution is 2.19. The number of hydrogen-bond donors (Lipinski definition) is 2. The van der Waals surface area contributed by atoms with E-state index in [1.54, 1.807) is 18.2 Å². The minimum absolute atomic E-state index is 0.0203. The normalized spacial score (nSPS) is 13.2. The van der Waals surface area contributed by atoms with E-state index in [1.807, 2.05) is 6.92 Å². The first-order valence-corrected chi connectivity index (χ1v) is 5.40. The number of carbonyl (C=O) groups excluding carboxylic acids is 1. The SMILES string of the molecule is CC(NC(=O)c1cccc(O)c1)C(C)(C)C. The van der Waals surface area contributed by atoms with E-state index in [2.05, 4.69) is 26.1 Å². The van der Waals surface area contributed by atoms with Gasteiger partial charge in [0, 0.05) is 11.6 Å². The number of hydrogen-bond acceptors (Lipinski definition) is 2. The molecule has 0 saturated heterocycles. The number of phenols is 1. The molecule has 88 valence electrons. The van der Waals surface area contributed by atoms with E-state index in [-0.39, 0.29) is 23.1 Å². The second kappa shape index (κ2) is 4.56. The van der Waals surface area contributed by atoms with Crippen molar-refractivity contribution >= 4 is 5.91 Å². The molecule has 0 aliphatic rings. The van der Waals surface area contributed by atoms with E-state index in [1.165, 1.54) is 6.07 Å². The Morgan fingerprint density at radius 1 is 1.38 bits per heavy atom. The van der Waals surface area contributed by atoms with Crippen LogP contribution in [0.2, 0.25) is 0 Å². The summed E-state index contributed by atoms with van der Waals surface area (Å²) in [6.45, 7) is 8.18. The van der Waals surface area contributed by atoms with E-state index in [4.69, 9.17) is 0 Å². The Labute approximate surface area is 96.5 Å². The van der Waals surface area contributed by atoms with Crippen LogP contribution in [0.1, 0.15) is 38.1 Å². The van der Waals surface area contributed by atoms with Crippen molar-refractivity contribution in [1.82, 2.24) is 5.32 Å². The van der Waals surface area contributed by atoms with Gasteiger partial charge in [0.2, 0.25) is 0 Å². The van der Waals surface area contributed by atoms with E-state index < -0.39 is 0 Å². The lowest BCUT2D eigenvalue weighted by molar-refractivity contribution is 0.0909. The predicted molar refractivity (Wildman–Crippen MR) is 64.5 cm³/mol. The topological polar surface area (TPSA) is 49.3 Å². The molecule has 0 bridgehead atoms. The molecule has 0 aromatic heterocycles. The second-order valence-corrected chi connectivity index (χ2v) is 5.11. The minimum Gasteiger partial charge on any atom is -0.508 e. The lowest BCUT2D eigenvalue weighted by Gasteiger charge is -2.28. The van der Waals surface area contributed by atoms with Crippen LogP contribution in [0.3, 0.4) is 0 Å². The average molecular weight is 221 g/mol. The molecule has 0 fully saturated rings. The predicted octanol–water partition coefficient (Wildman–Crippen LogP) is 2.56. The number of rotatable bonds is 2. The molecular formula is C13H19NO2. The third-order valence-corrected chi connectivity index (χ3v) is 2.75. The lowest BCUT2D eigenvalue weighted by atomic mass is 9.88. The molecule has 2 N–H and O–H groups in total. The van der Waals surface area contributed by atoms with Crippen LogP contribution < -0.4 is 5.32 Å². The van der Waals surface area contributed by atoms with Crippen molar-refractivity contribution in [1.29, 1.82) is 0 Å². The fraction of sp³-hybridized carbons (Fsp3) is 0.462. The number of nitrogens with one attached hydrogen (secondary N) is 1. The first kappa shape index (κ1) is 12.6. The molecular weight excluding hydrogens is 202 g/mol. The summed E-state index contributed by atoms with van der Waals surface area (Å²) in [5.41, 5.74) is 0.503. The highest BCUT2D eigenvalue weighted by atomic mass is 16.3. The van der Waals surface area contributed by atoms with Crippen molar-refractivity contribution in [2.45, 2.75) is 33.7 Å². The van der Waals surface area contributed by atoms with Gasteiger partial charge in [-0.2, -0.15) is 0 Å². The molecule has 1 unspecified atom stereocenters. The molecule has 0 radical (unpaired) electrons. The molecule has 0 heterocycles. The molecule has 0 aliphatic carbocycles. The van der Waals surface area contributed by atoms with Crippen LogP contribution in [0.25, 0.3) is 0 Å². The summed E-state index contributed by atoms with van der Waals surface area (Å²) in [7, 11) is 0. The van der Waals surface area contributed by atoms with Gasteiger partial charge in [-0.1, -0.05) is 26.8 Å². The molecule has 1 aromatic carbocycles. The summed E-state index contributed by atoms with van der Waals surface area (Å²) in [6.07, 6.45) is 0. The Morgan fingerprint density at radius 3 is 2.50 bits per heavy atom. The molecule has 1 rings (SSSR count). The standard InChI is InChI=1S/C13H19NO2/c1-9(13(2,3)4)14-12(16)10-6-5-7-11(15)8-10/h5-9,15H,1-4H3,(H,14,16). The Bertz CT molecular complexity index is 380. The molecule has 3 nitrogen and oxygen atoms in total. The Kier molecular flexibility index (Phi) is 3.58. The Morgan fingerprint density at radius 2 is 2.00 bits per heavy atom. The van der Waals surface area contributed by atoms with Crippen LogP contribution in [0.15, 0.2) is 24.3 Å². The summed E-state index contributed by atoms with van der Waals surface area (Å²) in [6, 6.07) is 6.42. The maximum absolute atomic E-state index is 11.8. The zero-order valence-corrected chi connectivity index (χ0v) is 10.2. The van der Waals surface area contributed by atoms with Crippen molar-refractivity contribution in [2.24, 2.45) is 5.41 Å². The van der Waals surface area contributed by atoms with Crippen LogP contribution in [-0.2, 0) is 0 Å². The molecule has 0 spiro atoms. The van der Waals surface area contributed by atoms with Gasteiger partial charge in [0.05, 0.1) is 0 Å². The molecule has 0 saturated carbocycles. The number of aromatic hydroxyl groups is 1. The summed E-state index contributed by atoms with van der Waals surface area (Å²) >= 11 is 0. The summed E-state index contributed by atoms with van der Waals surface area (Å²) in [4.78, 5) is 11.8. The fourth-order valence-corrected chi connectivity index (χ4v) is 1.14. The summed E-state index contributed by atoms with van der Waals surface area (Å²) < 4.78 is 0. The number of phenolic OH excluding ortho intramolecular Hbond substituents is 1. The maximum Gasteiger partial charge on any atom is 0.251 e. The average Bonchev–Trinajstić information content (AvgIpc) is 2.16. The zero-order chi connectivity index (χ0) is 12.3. The smallest absolute Gasteiger partial charge is 0.251 e. The van der Waals surface area contributed by atoms with E-state index in [0.29, 0.717) is 5.56 Å². The third-order valence-electron chi connectivity index (χ3n) is 2.75. The molecule has 0 aliphatic heterocycles. The van der Waals surface area contributed by atoms with Crippen molar-refractivity contribution in [2.75, 3.05) is 0 Å². The first-order valence-electron chi connectivity index (χ1n) is 5.40. The van der Waals surface area contributed by atoms with Gasteiger partial charge in [0.25, 0.3) is 5.91 Å². The Balaban J connectivity index is 2.74. The molecule has 16 heavy (non-hydrogen) atoms. The van der Waals surface area contributed by atoms with Crippen molar-refractivity contribution in [3.05, 3.63) is 29.8 Å². The molecule has 3 heteroatoms. The number of benzene rings is 1. The van der Waals surface area contributed by atoms with Gasteiger partial charge in [0.1, 0.15) is 5.75 Å². The number of amides is 1. The second-order valence-electron chi connectivity index (χ2n) is 5.11. The van der Waals surface area contributed by atoms with Crippen LogP contribution in [-0.4, -0.2) is 17.1 Å². The van der Waals surface area contributed by atoms with Gasteiger partial charge in [-0.25, -0.2) is 0 Å².